The van der Waals surface area contributed by atoms with E-state index in [1.54, 1.807) is 12.1 Å². The quantitative estimate of drug-likeness (QED) is 0.878. The zero-order valence-corrected chi connectivity index (χ0v) is 11.1. The molecule has 3 nitrogen and oxygen atoms in total. The maximum atomic E-state index is 13.0. The van der Waals surface area contributed by atoms with Crippen LogP contribution in [0, 0.1) is 11.7 Å². The summed E-state index contributed by atoms with van der Waals surface area (Å²) in [6.07, 6.45) is 0.653. The van der Waals surface area contributed by atoms with Gasteiger partial charge in [0.05, 0.1) is 4.47 Å². The molecule has 1 aromatic rings. The molecule has 2 unspecified atom stereocenters. The number of benzene rings is 1. The zero-order chi connectivity index (χ0) is 13.0. The third-order valence-corrected chi connectivity index (χ3v) is 3.16. The third-order valence-electron chi connectivity index (χ3n) is 2.55. The van der Waals surface area contributed by atoms with Crippen LogP contribution < -0.4 is 5.73 Å². The van der Waals surface area contributed by atoms with Crippen LogP contribution in [0.2, 0.25) is 0 Å². The number of nitrogens with two attached hydrogens (primary N) is 1. The van der Waals surface area contributed by atoms with Crippen molar-refractivity contribution in [1.29, 1.82) is 0 Å². The molecule has 0 aliphatic rings. The molecule has 0 aliphatic carbocycles. The van der Waals surface area contributed by atoms with Gasteiger partial charge in [0.15, 0.2) is 0 Å². The highest BCUT2D eigenvalue weighted by molar-refractivity contribution is 9.10. The summed E-state index contributed by atoms with van der Waals surface area (Å²) in [5.41, 5.74) is 6.76. The molecule has 0 spiro atoms. The van der Waals surface area contributed by atoms with Gasteiger partial charge < -0.3 is 10.8 Å². The molecule has 0 bridgehead atoms. The SMILES string of the molecule is CC(CC(=O)O)CC(N)c1ccc(F)c(Br)c1. The van der Waals surface area contributed by atoms with E-state index in [2.05, 4.69) is 15.9 Å². The fraction of sp³-hybridized carbons (Fsp3) is 0.417. The van der Waals surface area contributed by atoms with Crippen molar-refractivity contribution in [3.8, 4) is 0 Å². The first-order valence-electron chi connectivity index (χ1n) is 5.32. The second kappa shape index (κ2) is 6.12. The van der Waals surface area contributed by atoms with E-state index in [0.29, 0.717) is 10.9 Å². The van der Waals surface area contributed by atoms with Crippen molar-refractivity contribution in [2.45, 2.75) is 25.8 Å². The maximum Gasteiger partial charge on any atom is 0.303 e. The Balaban J connectivity index is 2.66. The molecule has 0 radical (unpaired) electrons. The van der Waals surface area contributed by atoms with E-state index in [0.717, 1.165) is 5.56 Å². The van der Waals surface area contributed by atoms with Crippen LogP contribution in [0.3, 0.4) is 0 Å². The number of hydrogen-bond acceptors (Lipinski definition) is 2. The monoisotopic (exact) mass is 303 g/mol. The average Bonchev–Trinajstić information content (AvgIpc) is 2.20. The molecule has 0 aliphatic heterocycles. The van der Waals surface area contributed by atoms with Crippen molar-refractivity contribution in [2.75, 3.05) is 0 Å². The van der Waals surface area contributed by atoms with Gasteiger partial charge in [-0.3, -0.25) is 4.79 Å². The Morgan fingerprint density at radius 3 is 2.76 bits per heavy atom. The molecule has 17 heavy (non-hydrogen) atoms. The van der Waals surface area contributed by atoms with Gasteiger partial charge in [0, 0.05) is 12.5 Å². The number of halogens is 2. The summed E-state index contributed by atoms with van der Waals surface area (Å²) in [4.78, 5) is 10.5. The normalized spacial score (nSPS) is 14.4. The topological polar surface area (TPSA) is 63.3 Å². The van der Waals surface area contributed by atoms with Gasteiger partial charge in [-0.15, -0.1) is 0 Å². The molecular formula is C12H15BrFNO2. The fourth-order valence-corrected chi connectivity index (χ4v) is 2.09. The van der Waals surface area contributed by atoms with Gasteiger partial charge in [-0.1, -0.05) is 13.0 Å². The van der Waals surface area contributed by atoms with Gasteiger partial charge in [-0.05, 0) is 46.0 Å². The number of carboxylic acids is 1. The van der Waals surface area contributed by atoms with E-state index in [4.69, 9.17) is 10.8 Å². The van der Waals surface area contributed by atoms with Crippen molar-refractivity contribution in [3.63, 3.8) is 0 Å². The highest BCUT2D eigenvalue weighted by Gasteiger charge is 2.14. The molecule has 94 valence electrons. The van der Waals surface area contributed by atoms with Gasteiger partial charge in [-0.2, -0.15) is 0 Å². The molecule has 5 heteroatoms. The van der Waals surface area contributed by atoms with Crippen molar-refractivity contribution in [1.82, 2.24) is 0 Å². The van der Waals surface area contributed by atoms with Crippen LogP contribution in [0.5, 0.6) is 0 Å². The molecule has 0 heterocycles. The Hall–Kier alpha value is -0.940. The molecule has 0 amide bonds. The standard InChI is InChI=1S/C12H15BrFNO2/c1-7(5-12(16)17)4-11(15)8-2-3-10(14)9(13)6-8/h2-3,6-7,11H,4-5,15H2,1H3,(H,16,17). The highest BCUT2D eigenvalue weighted by Crippen LogP contribution is 2.25. The van der Waals surface area contributed by atoms with E-state index >= 15 is 0 Å². The number of carboxylic acid groups (broad SMARTS) is 1. The van der Waals surface area contributed by atoms with Crippen molar-refractivity contribution in [3.05, 3.63) is 34.1 Å². The molecule has 0 fully saturated rings. The lowest BCUT2D eigenvalue weighted by atomic mass is 9.94. The fourth-order valence-electron chi connectivity index (χ4n) is 1.69. The maximum absolute atomic E-state index is 13.0. The van der Waals surface area contributed by atoms with E-state index in [9.17, 15) is 9.18 Å². The van der Waals surface area contributed by atoms with E-state index in [-0.39, 0.29) is 24.2 Å². The summed E-state index contributed by atoms with van der Waals surface area (Å²) in [5.74, 6) is -1.17. The Kier molecular flexibility index (Phi) is 5.08. The van der Waals surface area contributed by atoms with Crippen molar-refractivity contribution >= 4 is 21.9 Å². The molecule has 2 atom stereocenters. The van der Waals surface area contributed by atoms with Gasteiger partial charge in [0.2, 0.25) is 0 Å². The van der Waals surface area contributed by atoms with Crippen molar-refractivity contribution in [2.24, 2.45) is 11.7 Å². The Bertz CT molecular complexity index is 411. The molecule has 0 aromatic heterocycles. The minimum Gasteiger partial charge on any atom is -0.481 e. The van der Waals surface area contributed by atoms with Crippen molar-refractivity contribution < 1.29 is 14.3 Å². The van der Waals surface area contributed by atoms with Crippen LogP contribution in [0.25, 0.3) is 0 Å². The van der Waals surface area contributed by atoms with Gasteiger partial charge in [-0.25, -0.2) is 4.39 Å². The number of hydrogen-bond donors (Lipinski definition) is 2. The van der Waals surface area contributed by atoms with E-state index < -0.39 is 5.97 Å². The van der Waals surface area contributed by atoms with Crippen LogP contribution in [0.15, 0.2) is 22.7 Å². The summed E-state index contributed by atoms with van der Waals surface area (Å²) < 4.78 is 13.4. The van der Waals surface area contributed by atoms with E-state index in [1.807, 2.05) is 6.92 Å². The third kappa shape index (κ3) is 4.44. The molecule has 3 N–H and O–H groups in total. The lowest BCUT2D eigenvalue weighted by molar-refractivity contribution is -0.138. The average molecular weight is 304 g/mol. The van der Waals surface area contributed by atoms with Crippen LogP contribution in [0.4, 0.5) is 4.39 Å². The Morgan fingerprint density at radius 2 is 2.24 bits per heavy atom. The zero-order valence-electron chi connectivity index (χ0n) is 9.49. The minimum atomic E-state index is -0.829. The smallest absolute Gasteiger partial charge is 0.303 e. The molecule has 1 rings (SSSR count). The summed E-state index contributed by atoms with van der Waals surface area (Å²) in [6.45, 7) is 1.84. The molecule has 0 saturated carbocycles. The summed E-state index contributed by atoms with van der Waals surface area (Å²) in [7, 11) is 0. The molecule has 0 saturated heterocycles. The van der Waals surface area contributed by atoms with Crippen LogP contribution in [0.1, 0.15) is 31.4 Å². The van der Waals surface area contributed by atoms with Crippen LogP contribution >= 0.6 is 15.9 Å². The summed E-state index contributed by atoms with van der Waals surface area (Å²) >= 11 is 3.10. The lowest BCUT2D eigenvalue weighted by Crippen LogP contribution is -2.16. The van der Waals surface area contributed by atoms with Gasteiger partial charge in [0.1, 0.15) is 5.82 Å². The minimum absolute atomic E-state index is 0.00803. The van der Waals surface area contributed by atoms with E-state index in [1.165, 1.54) is 6.07 Å². The first kappa shape index (κ1) is 14.1. The second-order valence-electron chi connectivity index (χ2n) is 4.22. The largest absolute Gasteiger partial charge is 0.481 e. The van der Waals surface area contributed by atoms with Crippen LogP contribution in [-0.2, 0) is 4.79 Å². The highest BCUT2D eigenvalue weighted by atomic mass is 79.9. The Morgan fingerprint density at radius 1 is 1.59 bits per heavy atom. The summed E-state index contributed by atoms with van der Waals surface area (Å²) in [6, 6.07) is 4.33. The first-order chi connectivity index (χ1) is 7.90. The summed E-state index contributed by atoms with van der Waals surface area (Å²) in [5, 5.41) is 8.65. The second-order valence-corrected chi connectivity index (χ2v) is 5.07. The number of rotatable bonds is 5. The predicted molar refractivity (Wildman–Crippen MR) is 67.1 cm³/mol. The van der Waals surface area contributed by atoms with Crippen LogP contribution in [-0.4, -0.2) is 11.1 Å². The van der Waals surface area contributed by atoms with Gasteiger partial charge in [0.25, 0.3) is 0 Å². The van der Waals surface area contributed by atoms with Gasteiger partial charge >= 0.3 is 5.97 Å². The molecular weight excluding hydrogens is 289 g/mol. The first-order valence-corrected chi connectivity index (χ1v) is 6.11. The number of aliphatic carboxylic acids is 1. The Labute approximate surface area is 108 Å². The predicted octanol–water partition coefficient (Wildman–Crippen LogP) is 3.09. The molecule has 1 aromatic carbocycles. The number of carbonyl (C=O) groups is 1. The lowest BCUT2D eigenvalue weighted by Gasteiger charge is -2.16.